The van der Waals surface area contributed by atoms with Crippen molar-refractivity contribution in [3.05, 3.63) is 53.9 Å². The molecular formula is C19H27N5O. The summed E-state index contributed by atoms with van der Waals surface area (Å²) in [4.78, 5) is 14.5. The Bertz CT molecular complexity index is 684. The Morgan fingerprint density at radius 3 is 2.76 bits per heavy atom. The molecule has 1 aliphatic heterocycles. The Balaban J connectivity index is 1.40. The molecule has 134 valence electrons. The van der Waals surface area contributed by atoms with Gasteiger partial charge >= 0.3 is 6.03 Å². The number of benzene rings is 1. The second kappa shape index (κ2) is 8.16. The highest BCUT2D eigenvalue weighted by molar-refractivity contribution is 5.74. The van der Waals surface area contributed by atoms with Crippen molar-refractivity contribution in [3.8, 4) is 0 Å². The average Bonchev–Trinajstić information content (AvgIpc) is 3.14. The quantitative estimate of drug-likeness (QED) is 0.842. The lowest BCUT2D eigenvalue weighted by atomic mass is 10.1. The van der Waals surface area contributed by atoms with Crippen molar-refractivity contribution in [2.24, 2.45) is 13.0 Å². The molecule has 1 aromatic heterocycles. The third-order valence-electron chi connectivity index (χ3n) is 4.71. The number of urea groups is 1. The normalized spacial score (nSPS) is 20.6. The van der Waals surface area contributed by atoms with Gasteiger partial charge in [0.1, 0.15) is 0 Å². The van der Waals surface area contributed by atoms with E-state index in [4.69, 9.17) is 0 Å². The summed E-state index contributed by atoms with van der Waals surface area (Å²) in [5.74, 6) is 0.452. The van der Waals surface area contributed by atoms with E-state index >= 15 is 0 Å². The number of carbonyl (C=O) groups excluding carboxylic acids is 1. The molecule has 0 unspecified atom stereocenters. The van der Waals surface area contributed by atoms with E-state index in [1.165, 1.54) is 5.56 Å². The Morgan fingerprint density at radius 1 is 1.24 bits per heavy atom. The highest BCUT2D eigenvalue weighted by atomic mass is 16.2. The molecule has 0 bridgehead atoms. The lowest BCUT2D eigenvalue weighted by Gasteiger charge is -2.17. The largest absolute Gasteiger partial charge is 0.338 e. The first-order valence-corrected chi connectivity index (χ1v) is 8.88. The van der Waals surface area contributed by atoms with Gasteiger partial charge < -0.3 is 10.6 Å². The molecule has 1 fully saturated rings. The Labute approximate surface area is 149 Å². The lowest BCUT2D eigenvalue weighted by molar-refractivity contribution is 0.234. The fourth-order valence-electron chi connectivity index (χ4n) is 3.37. The second-order valence-corrected chi connectivity index (χ2v) is 6.94. The van der Waals surface area contributed by atoms with Crippen molar-refractivity contribution in [2.75, 3.05) is 19.6 Å². The number of aromatic nitrogens is 2. The summed E-state index contributed by atoms with van der Waals surface area (Å²) in [5, 5.41) is 10.2. The van der Waals surface area contributed by atoms with Gasteiger partial charge in [0.15, 0.2) is 0 Å². The van der Waals surface area contributed by atoms with Gasteiger partial charge in [-0.15, -0.1) is 0 Å². The molecule has 2 heterocycles. The summed E-state index contributed by atoms with van der Waals surface area (Å²) in [5.41, 5.74) is 2.45. The van der Waals surface area contributed by atoms with E-state index in [1.54, 1.807) is 4.68 Å². The van der Waals surface area contributed by atoms with Crippen LogP contribution in [-0.2, 0) is 20.0 Å². The molecule has 0 radical (unpaired) electrons. The van der Waals surface area contributed by atoms with Crippen LogP contribution in [0.4, 0.5) is 4.79 Å². The highest BCUT2D eigenvalue weighted by Gasteiger charge is 2.30. The van der Waals surface area contributed by atoms with Crippen LogP contribution in [0.5, 0.6) is 0 Å². The number of nitrogens with zero attached hydrogens (tertiary/aromatic N) is 3. The summed E-state index contributed by atoms with van der Waals surface area (Å²) in [6, 6.07) is 10.6. The van der Waals surface area contributed by atoms with Gasteiger partial charge in [-0.05, 0) is 23.5 Å². The molecule has 1 saturated heterocycles. The smallest absolute Gasteiger partial charge is 0.315 e. The molecule has 1 aliphatic rings. The maximum Gasteiger partial charge on any atom is 0.315 e. The first-order chi connectivity index (χ1) is 12.1. The molecule has 2 aromatic rings. The summed E-state index contributed by atoms with van der Waals surface area (Å²) in [6.45, 7) is 5.66. The fourth-order valence-corrected chi connectivity index (χ4v) is 3.37. The fraction of sp³-hybridized carbons (Fsp3) is 0.474. The van der Waals surface area contributed by atoms with Gasteiger partial charge in [0, 0.05) is 45.5 Å². The molecule has 1 aromatic carbocycles. The van der Waals surface area contributed by atoms with Gasteiger partial charge in [0.25, 0.3) is 0 Å². The number of nitrogens with one attached hydrogen (secondary N) is 2. The monoisotopic (exact) mass is 341 g/mol. The third-order valence-corrected chi connectivity index (χ3v) is 4.71. The van der Waals surface area contributed by atoms with Gasteiger partial charge in [0.05, 0.1) is 6.20 Å². The molecule has 6 heteroatoms. The number of carbonyl (C=O) groups is 1. The van der Waals surface area contributed by atoms with Crippen LogP contribution in [0, 0.1) is 5.92 Å². The number of rotatable bonds is 6. The zero-order chi connectivity index (χ0) is 17.6. The minimum absolute atomic E-state index is 0.0812. The molecule has 25 heavy (non-hydrogen) atoms. The third kappa shape index (κ3) is 5.06. The van der Waals surface area contributed by atoms with Crippen LogP contribution in [0.3, 0.4) is 0 Å². The van der Waals surface area contributed by atoms with E-state index < -0.39 is 0 Å². The highest BCUT2D eigenvalue weighted by Crippen LogP contribution is 2.18. The summed E-state index contributed by atoms with van der Waals surface area (Å²) >= 11 is 0. The standard InChI is InChI=1S/C19H27N5O/c1-15-11-24(13-16-6-4-3-5-7-16)14-18(15)22-19(25)20-9-8-17-10-21-23(2)12-17/h3-7,10,12,15,18H,8-9,11,13-14H2,1-2H3,(H2,20,22,25)/t15-,18-/m0/s1. The molecule has 2 atom stereocenters. The first-order valence-electron chi connectivity index (χ1n) is 8.88. The molecule has 0 aliphatic carbocycles. The van der Waals surface area contributed by atoms with Crippen molar-refractivity contribution in [1.29, 1.82) is 0 Å². The minimum Gasteiger partial charge on any atom is -0.338 e. The van der Waals surface area contributed by atoms with Gasteiger partial charge in [-0.3, -0.25) is 9.58 Å². The topological polar surface area (TPSA) is 62.2 Å². The number of hydrogen-bond donors (Lipinski definition) is 2. The average molecular weight is 341 g/mol. The van der Waals surface area contributed by atoms with Gasteiger partial charge in [-0.1, -0.05) is 37.3 Å². The Hall–Kier alpha value is -2.34. The number of hydrogen-bond acceptors (Lipinski definition) is 3. The minimum atomic E-state index is -0.0812. The summed E-state index contributed by atoms with van der Waals surface area (Å²) < 4.78 is 1.77. The van der Waals surface area contributed by atoms with Crippen LogP contribution in [-0.4, -0.2) is 46.4 Å². The van der Waals surface area contributed by atoms with Crippen molar-refractivity contribution in [2.45, 2.75) is 25.9 Å². The predicted molar refractivity (Wildman–Crippen MR) is 98.1 cm³/mol. The maximum absolute atomic E-state index is 12.1. The lowest BCUT2D eigenvalue weighted by Crippen LogP contribution is -2.45. The molecule has 2 N–H and O–H groups in total. The van der Waals surface area contributed by atoms with Crippen LogP contribution in [0.2, 0.25) is 0 Å². The Morgan fingerprint density at radius 2 is 2.04 bits per heavy atom. The summed E-state index contributed by atoms with van der Waals surface area (Å²) in [7, 11) is 1.90. The molecule has 0 saturated carbocycles. The van der Waals surface area contributed by atoms with E-state index in [9.17, 15) is 4.79 Å². The SMILES string of the molecule is C[C@H]1CN(Cc2ccccc2)C[C@@H]1NC(=O)NCCc1cnn(C)c1. The molecule has 6 nitrogen and oxygen atoms in total. The van der Waals surface area contributed by atoms with Gasteiger partial charge in [-0.25, -0.2) is 4.79 Å². The zero-order valence-electron chi connectivity index (χ0n) is 15.0. The maximum atomic E-state index is 12.1. The zero-order valence-corrected chi connectivity index (χ0v) is 15.0. The van der Waals surface area contributed by atoms with E-state index in [1.807, 2.05) is 25.5 Å². The van der Waals surface area contributed by atoms with E-state index in [2.05, 4.69) is 51.8 Å². The molecule has 0 spiro atoms. The second-order valence-electron chi connectivity index (χ2n) is 6.94. The van der Waals surface area contributed by atoms with Gasteiger partial charge in [0.2, 0.25) is 0 Å². The number of amides is 2. The van der Waals surface area contributed by atoms with Crippen LogP contribution in [0.15, 0.2) is 42.7 Å². The van der Waals surface area contributed by atoms with Crippen LogP contribution in [0.1, 0.15) is 18.1 Å². The number of aryl methyl sites for hydroxylation is 1. The Kier molecular flexibility index (Phi) is 5.71. The molecule has 2 amide bonds. The van der Waals surface area contributed by atoms with Crippen molar-refractivity contribution >= 4 is 6.03 Å². The predicted octanol–water partition coefficient (Wildman–Crippen LogP) is 1.78. The van der Waals surface area contributed by atoms with E-state index in [0.29, 0.717) is 12.5 Å². The van der Waals surface area contributed by atoms with Crippen molar-refractivity contribution in [1.82, 2.24) is 25.3 Å². The van der Waals surface area contributed by atoms with Gasteiger partial charge in [-0.2, -0.15) is 5.10 Å². The van der Waals surface area contributed by atoms with Crippen LogP contribution in [0.25, 0.3) is 0 Å². The van der Waals surface area contributed by atoms with Crippen LogP contribution < -0.4 is 10.6 Å². The summed E-state index contributed by atoms with van der Waals surface area (Å²) in [6.07, 6.45) is 4.60. The molecule has 3 rings (SSSR count). The van der Waals surface area contributed by atoms with Crippen LogP contribution >= 0.6 is 0 Å². The van der Waals surface area contributed by atoms with E-state index in [-0.39, 0.29) is 12.1 Å². The van der Waals surface area contributed by atoms with Crippen molar-refractivity contribution in [3.63, 3.8) is 0 Å². The number of likely N-dealkylation sites (tertiary alicyclic amines) is 1. The molecular weight excluding hydrogens is 314 g/mol. The van der Waals surface area contributed by atoms with E-state index in [0.717, 1.165) is 31.6 Å². The van der Waals surface area contributed by atoms with Crippen molar-refractivity contribution < 1.29 is 4.79 Å². The first kappa shape index (κ1) is 17.5.